The molecular weight excluding hydrogens is 144 g/mol. The molecule has 3 heteroatoms. The first-order valence-corrected chi connectivity index (χ1v) is 4.06. The molecule has 0 spiro atoms. The second-order valence-corrected chi connectivity index (χ2v) is 3.66. The van der Waals surface area contributed by atoms with Crippen molar-refractivity contribution in [2.24, 2.45) is 0 Å². The third kappa shape index (κ3) is 2.43. The lowest BCUT2D eigenvalue weighted by Gasteiger charge is -2.34. The van der Waals surface area contributed by atoms with Crippen molar-refractivity contribution < 1.29 is 14.9 Å². The number of hydrogen-bond acceptors (Lipinski definition) is 3. The number of ether oxygens (including phenoxy) is 1. The molecule has 0 aromatic carbocycles. The summed E-state index contributed by atoms with van der Waals surface area (Å²) < 4.78 is 5.16. The Morgan fingerprint density at radius 2 is 2.00 bits per heavy atom. The van der Waals surface area contributed by atoms with Crippen LogP contribution in [0.15, 0.2) is 0 Å². The molecule has 1 aliphatic heterocycles. The van der Waals surface area contributed by atoms with Gasteiger partial charge >= 0.3 is 0 Å². The highest BCUT2D eigenvalue weighted by Gasteiger charge is 2.32. The standard InChI is InChI=1S/C8H16O3/c1-8(2,10)6-4-3-5-7(9)11-6/h6-7,9-10H,3-5H2,1-2H3. The summed E-state index contributed by atoms with van der Waals surface area (Å²) in [7, 11) is 0. The first kappa shape index (κ1) is 8.97. The summed E-state index contributed by atoms with van der Waals surface area (Å²) in [5.74, 6) is 0. The molecule has 3 nitrogen and oxygen atoms in total. The molecular formula is C8H16O3. The summed E-state index contributed by atoms with van der Waals surface area (Å²) in [6, 6.07) is 0. The summed E-state index contributed by atoms with van der Waals surface area (Å²) >= 11 is 0. The van der Waals surface area contributed by atoms with Crippen molar-refractivity contribution in [3.05, 3.63) is 0 Å². The fraction of sp³-hybridized carbons (Fsp3) is 1.00. The van der Waals surface area contributed by atoms with Crippen LogP contribution in [0.5, 0.6) is 0 Å². The van der Waals surface area contributed by atoms with Gasteiger partial charge in [0.15, 0.2) is 6.29 Å². The molecule has 0 bridgehead atoms. The summed E-state index contributed by atoms with van der Waals surface area (Å²) in [5, 5.41) is 18.6. The van der Waals surface area contributed by atoms with Gasteiger partial charge < -0.3 is 14.9 Å². The Morgan fingerprint density at radius 1 is 1.36 bits per heavy atom. The minimum absolute atomic E-state index is 0.216. The Balaban J connectivity index is 2.46. The molecule has 1 saturated heterocycles. The predicted molar refractivity (Wildman–Crippen MR) is 41.0 cm³/mol. The van der Waals surface area contributed by atoms with Gasteiger partial charge in [-0.05, 0) is 33.1 Å². The second-order valence-electron chi connectivity index (χ2n) is 3.66. The van der Waals surface area contributed by atoms with Crippen molar-refractivity contribution in [1.82, 2.24) is 0 Å². The van der Waals surface area contributed by atoms with Crippen LogP contribution in [0.2, 0.25) is 0 Å². The van der Waals surface area contributed by atoms with E-state index in [2.05, 4.69) is 0 Å². The van der Waals surface area contributed by atoms with Crippen molar-refractivity contribution in [2.75, 3.05) is 0 Å². The van der Waals surface area contributed by atoms with Crippen molar-refractivity contribution >= 4 is 0 Å². The van der Waals surface area contributed by atoms with E-state index in [4.69, 9.17) is 9.84 Å². The van der Waals surface area contributed by atoms with Gasteiger partial charge in [0, 0.05) is 0 Å². The summed E-state index contributed by atoms with van der Waals surface area (Å²) in [5.41, 5.74) is -0.832. The molecule has 11 heavy (non-hydrogen) atoms. The van der Waals surface area contributed by atoms with Gasteiger partial charge in [-0.3, -0.25) is 0 Å². The van der Waals surface area contributed by atoms with Crippen LogP contribution >= 0.6 is 0 Å². The number of rotatable bonds is 1. The Morgan fingerprint density at radius 3 is 2.36 bits per heavy atom. The van der Waals surface area contributed by atoms with E-state index < -0.39 is 11.9 Å². The first-order chi connectivity index (χ1) is 5.00. The van der Waals surface area contributed by atoms with Crippen LogP contribution in [0, 0.1) is 0 Å². The summed E-state index contributed by atoms with van der Waals surface area (Å²) in [6.45, 7) is 3.41. The maximum atomic E-state index is 9.52. The summed E-state index contributed by atoms with van der Waals surface area (Å²) in [6.07, 6.45) is 1.55. The van der Waals surface area contributed by atoms with E-state index >= 15 is 0 Å². The molecule has 0 saturated carbocycles. The zero-order valence-electron chi connectivity index (χ0n) is 7.08. The van der Waals surface area contributed by atoms with Crippen LogP contribution in [0.1, 0.15) is 33.1 Å². The average Bonchev–Trinajstić information content (AvgIpc) is 1.86. The van der Waals surface area contributed by atoms with E-state index in [-0.39, 0.29) is 6.10 Å². The molecule has 1 heterocycles. The molecule has 1 fully saturated rings. The minimum Gasteiger partial charge on any atom is -0.388 e. The van der Waals surface area contributed by atoms with E-state index in [0.29, 0.717) is 6.42 Å². The van der Waals surface area contributed by atoms with Crippen LogP contribution < -0.4 is 0 Å². The van der Waals surface area contributed by atoms with Crippen LogP contribution in [0.3, 0.4) is 0 Å². The van der Waals surface area contributed by atoms with E-state index in [1.165, 1.54) is 0 Å². The maximum absolute atomic E-state index is 9.52. The molecule has 0 amide bonds. The second kappa shape index (κ2) is 3.09. The normalized spacial score (nSPS) is 33.8. The Kier molecular flexibility index (Phi) is 2.52. The van der Waals surface area contributed by atoms with Gasteiger partial charge in [-0.15, -0.1) is 0 Å². The Labute approximate surface area is 67.0 Å². The molecule has 2 N–H and O–H groups in total. The Bertz CT molecular complexity index is 128. The highest BCUT2D eigenvalue weighted by Crippen LogP contribution is 2.25. The Hall–Kier alpha value is -0.120. The van der Waals surface area contributed by atoms with Crippen LogP contribution in [0.25, 0.3) is 0 Å². The summed E-state index contributed by atoms with van der Waals surface area (Å²) in [4.78, 5) is 0. The topological polar surface area (TPSA) is 49.7 Å². The minimum atomic E-state index is -0.832. The monoisotopic (exact) mass is 160 g/mol. The van der Waals surface area contributed by atoms with Gasteiger partial charge in [0.25, 0.3) is 0 Å². The SMILES string of the molecule is CC(C)(O)C1CCCC(O)O1. The quantitative estimate of drug-likeness (QED) is 0.592. The fourth-order valence-corrected chi connectivity index (χ4v) is 1.32. The lowest BCUT2D eigenvalue weighted by atomic mass is 9.94. The lowest BCUT2D eigenvalue weighted by Crippen LogP contribution is -2.43. The van der Waals surface area contributed by atoms with E-state index in [9.17, 15) is 5.11 Å². The molecule has 1 rings (SSSR count). The fourth-order valence-electron chi connectivity index (χ4n) is 1.32. The lowest BCUT2D eigenvalue weighted by molar-refractivity contribution is -0.209. The van der Waals surface area contributed by atoms with E-state index in [0.717, 1.165) is 12.8 Å². The molecule has 0 aliphatic carbocycles. The van der Waals surface area contributed by atoms with Gasteiger partial charge in [-0.2, -0.15) is 0 Å². The largest absolute Gasteiger partial charge is 0.388 e. The van der Waals surface area contributed by atoms with E-state index in [1.807, 2.05) is 0 Å². The van der Waals surface area contributed by atoms with Crippen molar-refractivity contribution in [3.63, 3.8) is 0 Å². The smallest absolute Gasteiger partial charge is 0.155 e. The van der Waals surface area contributed by atoms with Gasteiger partial charge in [0.05, 0.1) is 11.7 Å². The van der Waals surface area contributed by atoms with Crippen LogP contribution in [-0.2, 0) is 4.74 Å². The molecule has 0 aromatic rings. The molecule has 2 unspecified atom stereocenters. The van der Waals surface area contributed by atoms with E-state index in [1.54, 1.807) is 13.8 Å². The van der Waals surface area contributed by atoms with Crippen molar-refractivity contribution in [2.45, 2.75) is 51.1 Å². The molecule has 0 aromatic heterocycles. The molecule has 2 atom stereocenters. The highest BCUT2D eigenvalue weighted by atomic mass is 16.6. The number of aliphatic hydroxyl groups is 2. The van der Waals surface area contributed by atoms with Crippen LogP contribution in [0.4, 0.5) is 0 Å². The molecule has 1 aliphatic rings. The van der Waals surface area contributed by atoms with Gasteiger partial charge in [0.2, 0.25) is 0 Å². The average molecular weight is 160 g/mol. The molecule has 0 radical (unpaired) electrons. The van der Waals surface area contributed by atoms with Crippen molar-refractivity contribution in [1.29, 1.82) is 0 Å². The predicted octanol–water partition coefficient (Wildman–Crippen LogP) is 0.645. The van der Waals surface area contributed by atoms with Crippen molar-refractivity contribution in [3.8, 4) is 0 Å². The number of hydrogen-bond donors (Lipinski definition) is 2. The maximum Gasteiger partial charge on any atom is 0.155 e. The van der Waals surface area contributed by atoms with Gasteiger partial charge in [-0.25, -0.2) is 0 Å². The molecule has 66 valence electrons. The highest BCUT2D eigenvalue weighted by molar-refractivity contribution is 4.80. The van der Waals surface area contributed by atoms with Gasteiger partial charge in [-0.1, -0.05) is 0 Å². The zero-order chi connectivity index (χ0) is 8.48. The zero-order valence-corrected chi connectivity index (χ0v) is 7.08. The third-order valence-electron chi connectivity index (χ3n) is 2.03. The van der Waals surface area contributed by atoms with Crippen LogP contribution in [-0.4, -0.2) is 28.2 Å². The van der Waals surface area contributed by atoms with Gasteiger partial charge in [0.1, 0.15) is 0 Å². The first-order valence-electron chi connectivity index (χ1n) is 4.06. The number of aliphatic hydroxyl groups excluding tert-OH is 1. The third-order valence-corrected chi connectivity index (χ3v) is 2.03.